The van der Waals surface area contributed by atoms with Crippen LogP contribution in [0.25, 0.3) is 0 Å². The van der Waals surface area contributed by atoms with Crippen molar-refractivity contribution < 1.29 is 9.53 Å². The number of methoxy groups -OCH3 is 1. The number of amides is 1. The summed E-state index contributed by atoms with van der Waals surface area (Å²) < 4.78 is 7.06. The highest BCUT2D eigenvalue weighted by molar-refractivity contribution is 5.94. The van der Waals surface area contributed by atoms with Crippen molar-refractivity contribution in [2.45, 2.75) is 6.04 Å². The zero-order valence-corrected chi connectivity index (χ0v) is 13.4. The number of carbonyl (C=O) groups is 1. The molecule has 2 heterocycles. The summed E-state index contributed by atoms with van der Waals surface area (Å²) in [6, 6.07) is 7.11. The Bertz CT molecular complexity index is 815. The molecule has 0 fully saturated rings. The first-order valence-corrected chi connectivity index (χ1v) is 7.36. The van der Waals surface area contributed by atoms with E-state index in [0.29, 0.717) is 5.56 Å². The molecule has 1 amide bonds. The summed E-state index contributed by atoms with van der Waals surface area (Å²) in [5.41, 5.74) is 1.29. The van der Waals surface area contributed by atoms with Crippen LogP contribution in [0.1, 0.15) is 27.8 Å². The van der Waals surface area contributed by atoms with Gasteiger partial charge in [0, 0.05) is 31.8 Å². The molecule has 1 N–H and O–H groups in total. The molecule has 1 atom stereocenters. The minimum atomic E-state index is -0.399. The van der Waals surface area contributed by atoms with E-state index in [0.717, 1.165) is 17.1 Å². The van der Waals surface area contributed by atoms with Crippen LogP contribution < -0.4 is 10.1 Å². The minimum Gasteiger partial charge on any atom is -0.497 e. The van der Waals surface area contributed by atoms with Gasteiger partial charge in [-0.25, -0.2) is 15.0 Å². The van der Waals surface area contributed by atoms with Gasteiger partial charge < -0.3 is 14.6 Å². The van der Waals surface area contributed by atoms with E-state index in [1.807, 2.05) is 42.1 Å². The lowest BCUT2D eigenvalue weighted by Crippen LogP contribution is -2.31. The van der Waals surface area contributed by atoms with Gasteiger partial charge in [0.25, 0.3) is 5.91 Å². The number of imidazole rings is 1. The SMILES string of the molecule is COc1ccc(C(NC(=O)c2cncnc2)c2nccn2C)cc1. The smallest absolute Gasteiger partial charge is 0.255 e. The first kappa shape index (κ1) is 15.7. The van der Waals surface area contributed by atoms with Crippen molar-refractivity contribution in [3.8, 4) is 5.75 Å². The zero-order valence-electron chi connectivity index (χ0n) is 13.4. The molecular formula is C17H17N5O2. The molecule has 7 heteroatoms. The Kier molecular flexibility index (Phi) is 4.51. The standard InChI is InChI=1S/C17H17N5O2/c1-22-8-7-20-16(22)15(12-3-5-14(24-2)6-4-12)21-17(23)13-9-18-11-19-10-13/h3-11,15H,1-2H3,(H,21,23). The highest BCUT2D eigenvalue weighted by Gasteiger charge is 2.21. The van der Waals surface area contributed by atoms with E-state index in [2.05, 4.69) is 20.3 Å². The highest BCUT2D eigenvalue weighted by atomic mass is 16.5. The lowest BCUT2D eigenvalue weighted by atomic mass is 10.1. The van der Waals surface area contributed by atoms with Crippen LogP contribution in [0.3, 0.4) is 0 Å². The van der Waals surface area contributed by atoms with Crippen LogP contribution in [0.4, 0.5) is 0 Å². The van der Waals surface area contributed by atoms with E-state index in [4.69, 9.17) is 4.74 Å². The molecule has 3 rings (SSSR count). The van der Waals surface area contributed by atoms with Gasteiger partial charge in [0.05, 0.1) is 12.7 Å². The number of aromatic nitrogens is 4. The molecule has 122 valence electrons. The van der Waals surface area contributed by atoms with Crippen molar-refractivity contribution in [3.05, 3.63) is 72.3 Å². The summed E-state index contributed by atoms with van der Waals surface area (Å²) in [5.74, 6) is 1.21. The Labute approximate surface area is 139 Å². The number of benzene rings is 1. The molecule has 0 saturated heterocycles. The Morgan fingerprint density at radius 3 is 2.50 bits per heavy atom. The van der Waals surface area contributed by atoms with Crippen LogP contribution in [0.2, 0.25) is 0 Å². The van der Waals surface area contributed by atoms with Crippen LogP contribution in [0.15, 0.2) is 55.4 Å². The van der Waals surface area contributed by atoms with E-state index in [-0.39, 0.29) is 5.91 Å². The first-order chi connectivity index (χ1) is 11.7. The average molecular weight is 323 g/mol. The second kappa shape index (κ2) is 6.91. The van der Waals surface area contributed by atoms with E-state index >= 15 is 0 Å². The average Bonchev–Trinajstić information content (AvgIpc) is 3.06. The molecule has 0 bridgehead atoms. The highest BCUT2D eigenvalue weighted by Crippen LogP contribution is 2.23. The Balaban J connectivity index is 1.93. The Morgan fingerprint density at radius 1 is 1.21 bits per heavy atom. The monoisotopic (exact) mass is 323 g/mol. The van der Waals surface area contributed by atoms with Crippen molar-refractivity contribution in [2.75, 3.05) is 7.11 Å². The summed E-state index contributed by atoms with van der Waals surface area (Å²) in [4.78, 5) is 24.6. The molecular weight excluding hydrogens is 306 g/mol. The summed E-state index contributed by atoms with van der Waals surface area (Å²) in [6.07, 6.45) is 7.88. The zero-order chi connectivity index (χ0) is 16.9. The second-order valence-corrected chi connectivity index (χ2v) is 5.20. The van der Waals surface area contributed by atoms with Gasteiger partial charge in [-0.3, -0.25) is 4.79 Å². The molecule has 0 aliphatic rings. The molecule has 0 aliphatic carbocycles. The normalized spacial score (nSPS) is 11.8. The number of ether oxygens (including phenoxy) is 1. The maximum Gasteiger partial charge on any atom is 0.255 e. The van der Waals surface area contributed by atoms with Gasteiger partial charge in [-0.15, -0.1) is 0 Å². The molecule has 0 aliphatic heterocycles. The maximum absolute atomic E-state index is 12.5. The van der Waals surface area contributed by atoms with Crippen LogP contribution in [0.5, 0.6) is 5.75 Å². The second-order valence-electron chi connectivity index (χ2n) is 5.20. The molecule has 0 saturated carbocycles. The predicted octanol–water partition coefficient (Wildman–Crippen LogP) is 1.74. The largest absolute Gasteiger partial charge is 0.497 e. The number of nitrogens with one attached hydrogen (secondary N) is 1. The Hall–Kier alpha value is -3.22. The fourth-order valence-electron chi connectivity index (χ4n) is 2.38. The quantitative estimate of drug-likeness (QED) is 0.773. The molecule has 0 radical (unpaired) electrons. The summed E-state index contributed by atoms with van der Waals surface area (Å²) in [5, 5.41) is 2.99. The van der Waals surface area contributed by atoms with Gasteiger partial charge in [-0.2, -0.15) is 0 Å². The first-order valence-electron chi connectivity index (χ1n) is 7.36. The molecule has 3 aromatic rings. The number of hydrogen-bond donors (Lipinski definition) is 1. The maximum atomic E-state index is 12.5. The third-order valence-electron chi connectivity index (χ3n) is 3.66. The van der Waals surface area contributed by atoms with E-state index in [1.54, 1.807) is 13.3 Å². The van der Waals surface area contributed by atoms with Crippen LogP contribution in [-0.4, -0.2) is 32.5 Å². The number of rotatable bonds is 5. The van der Waals surface area contributed by atoms with E-state index in [1.165, 1.54) is 18.7 Å². The number of hydrogen-bond acceptors (Lipinski definition) is 5. The van der Waals surface area contributed by atoms with Crippen LogP contribution in [-0.2, 0) is 7.05 Å². The number of carbonyl (C=O) groups excluding carboxylic acids is 1. The van der Waals surface area contributed by atoms with Gasteiger partial charge in [-0.1, -0.05) is 12.1 Å². The third kappa shape index (κ3) is 3.24. The fourth-order valence-corrected chi connectivity index (χ4v) is 2.38. The van der Waals surface area contributed by atoms with Crippen LogP contribution >= 0.6 is 0 Å². The third-order valence-corrected chi connectivity index (χ3v) is 3.66. The van der Waals surface area contributed by atoms with Crippen molar-refractivity contribution in [2.24, 2.45) is 7.05 Å². The topological polar surface area (TPSA) is 81.9 Å². The summed E-state index contributed by atoms with van der Waals surface area (Å²) >= 11 is 0. The Morgan fingerprint density at radius 2 is 1.92 bits per heavy atom. The molecule has 2 aromatic heterocycles. The molecule has 24 heavy (non-hydrogen) atoms. The summed E-state index contributed by atoms with van der Waals surface area (Å²) in [7, 11) is 3.50. The van der Waals surface area contributed by atoms with Crippen molar-refractivity contribution >= 4 is 5.91 Å². The number of nitrogens with zero attached hydrogens (tertiary/aromatic N) is 4. The van der Waals surface area contributed by atoms with Crippen LogP contribution in [0, 0.1) is 0 Å². The van der Waals surface area contributed by atoms with Gasteiger partial charge in [0.2, 0.25) is 0 Å². The molecule has 7 nitrogen and oxygen atoms in total. The van der Waals surface area contributed by atoms with Crippen molar-refractivity contribution in [3.63, 3.8) is 0 Å². The van der Waals surface area contributed by atoms with Gasteiger partial charge in [-0.05, 0) is 17.7 Å². The van der Waals surface area contributed by atoms with Crippen molar-refractivity contribution in [1.82, 2.24) is 24.8 Å². The van der Waals surface area contributed by atoms with Gasteiger partial charge in [0.1, 0.15) is 23.9 Å². The van der Waals surface area contributed by atoms with Crippen molar-refractivity contribution in [1.29, 1.82) is 0 Å². The molecule has 0 spiro atoms. The minimum absolute atomic E-state index is 0.264. The van der Waals surface area contributed by atoms with E-state index < -0.39 is 6.04 Å². The van der Waals surface area contributed by atoms with Gasteiger partial charge in [0.15, 0.2) is 0 Å². The number of aryl methyl sites for hydroxylation is 1. The summed E-state index contributed by atoms with van der Waals surface area (Å²) in [6.45, 7) is 0. The van der Waals surface area contributed by atoms with E-state index in [9.17, 15) is 4.79 Å². The fraction of sp³-hybridized carbons (Fsp3) is 0.176. The molecule has 1 unspecified atom stereocenters. The molecule has 1 aromatic carbocycles. The lowest BCUT2D eigenvalue weighted by molar-refractivity contribution is 0.0940. The lowest BCUT2D eigenvalue weighted by Gasteiger charge is -2.19. The predicted molar refractivity (Wildman–Crippen MR) is 87.5 cm³/mol. The van der Waals surface area contributed by atoms with Gasteiger partial charge >= 0.3 is 0 Å².